The number of nitrogens with one attached hydrogen (secondary N) is 1. The molecule has 1 aromatic carbocycles. The highest BCUT2D eigenvalue weighted by Crippen LogP contribution is 2.36. The van der Waals surface area contributed by atoms with Crippen LogP contribution in [0.15, 0.2) is 42.7 Å². The minimum atomic E-state index is -0.598. The Morgan fingerprint density at radius 2 is 1.89 bits per heavy atom. The van der Waals surface area contributed by atoms with E-state index in [0.29, 0.717) is 30.5 Å². The van der Waals surface area contributed by atoms with E-state index < -0.39 is 6.04 Å². The van der Waals surface area contributed by atoms with Crippen molar-refractivity contribution < 1.29 is 19.1 Å². The number of fused-ring (bicyclic) bond motifs is 1. The molecule has 8 nitrogen and oxygen atoms in total. The van der Waals surface area contributed by atoms with E-state index in [1.54, 1.807) is 4.90 Å². The lowest BCUT2D eigenvalue weighted by molar-refractivity contribution is -0.136. The van der Waals surface area contributed by atoms with Gasteiger partial charge in [0.1, 0.15) is 17.9 Å². The molecule has 3 unspecified atom stereocenters. The summed E-state index contributed by atoms with van der Waals surface area (Å²) >= 11 is 0. The molecule has 0 spiro atoms. The van der Waals surface area contributed by atoms with E-state index in [9.17, 15) is 14.4 Å². The lowest BCUT2D eigenvalue weighted by atomic mass is 9.85. The van der Waals surface area contributed by atoms with Crippen LogP contribution in [-0.2, 0) is 16.1 Å². The van der Waals surface area contributed by atoms with Crippen molar-refractivity contribution in [2.45, 2.75) is 69.2 Å². The second kappa shape index (κ2) is 9.07. The number of amides is 3. The molecule has 3 atom stereocenters. The molecule has 8 heteroatoms. The SMILES string of the molecule is O=C1CCC(N2Cc3cc(OC4CCCCC4N4CC(c5cccnc5)C4)ccc3C2=O)C(=O)N1. The molecular formula is C27H30N4O4. The predicted molar refractivity (Wildman–Crippen MR) is 128 cm³/mol. The first kappa shape index (κ1) is 22.2. The maximum Gasteiger partial charge on any atom is 0.255 e. The van der Waals surface area contributed by atoms with Crippen LogP contribution in [0, 0.1) is 0 Å². The number of hydrogen-bond donors (Lipinski definition) is 1. The summed E-state index contributed by atoms with van der Waals surface area (Å²) in [6, 6.07) is 9.62. The lowest BCUT2D eigenvalue weighted by Gasteiger charge is -2.48. The third-order valence-corrected chi connectivity index (χ3v) is 7.98. The van der Waals surface area contributed by atoms with Gasteiger partial charge in [-0.1, -0.05) is 12.5 Å². The van der Waals surface area contributed by atoms with Crippen LogP contribution in [0.2, 0.25) is 0 Å². The number of carbonyl (C=O) groups excluding carboxylic acids is 3. The number of hydrogen-bond acceptors (Lipinski definition) is 6. The maximum absolute atomic E-state index is 13.0. The van der Waals surface area contributed by atoms with E-state index in [1.807, 2.05) is 36.7 Å². The molecule has 0 bridgehead atoms. The number of piperidine rings is 1. The second-order valence-corrected chi connectivity index (χ2v) is 10.2. The van der Waals surface area contributed by atoms with Gasteiger partial charge in [-0.2, -0.15) is 0 Å². The van der Waals surface area contributed by atoms with Crippen LogP contribution in [0.1, 0.15) is 65.9 Å². The third-order valence-electron chi connectivity index (χ3n) is 7.98. The normalized spacial score (nSPS) is 27.4. The summed E-state index contributed by atoms with van der Waals surface area (Å²) in [4.78, 5) is 45.2. The Balaban J connectivity index is 1.12. The fraction of sp³-hybridized carbons (Fsp3) is 0.481. The van der Waals surface area contributed by atoms with Gasteiger partial charge < -0.3 is 9.64 Å². The molecule has 1 aliphatic carbocycles. The molecule has 3 fully saturated rings. The van der Waals surface area contributed by atoms with Crippen LogP contribution in [0.25, 0.3) is 0 Å². The summed E-state index contributed by atoms with van der Waals surface area (Å²) < 4.78 is 6.53. The van der Waals surface area contributed by atoms with Gasteiger partial charge in [0.05, 0.1) is 0 Å². The van der Waals surface area contributed by atoms with Gasteiger partial charge in [0, 0.05) is 56.0 Å². The standard InChI is InChI=1S/C27H30N4O4/c32-25-10-9-23(26(33)29-25)31-16-18-12-20(7-8-21(18)27(31)34)35-24-6-2-1-5-22(24)30-14-19(15-30)17-4-3-11-28-13-17/h3-4,7-8,11-13,19,22-24H,1-2,5-6,9-10,14-16H2,(H,29,32,33). The quantitative estimate of drug-likeness (QED) is 0.670. The van der Waals surface area contributed by atoms with Crippen molar-refractivity contribution in [3.05, 3.63) is 59.4 Å². The van der Waals surface area contributed by atoms with Gasteiger partial charge in [-0.25, -0.2) is 0 Å². The molecule has 3 amide bonds. The fourth-order valence-corrected chi connectivity index (χ4v) is 6.04. The summed E-state index contributed by atoms with van der Waals surface area (Å²) in [6.07, 6.45) is 9.08. The number of imide groups is 1. The highest BCUT2D eigenvalue weighted by Gasteiger charge is 2.41. The van der Waals surface area contributed by atoms with E-state index in [0.717, 1.165) is 43.7 Å². The first-order valence-corrected chi connectivity index (χ1v) is 12.6. The van der Waals surface area contributed by atoms with Crippen molar-refractivity contribution in [3.8, 4) is 5.75 Å². The molecule has 3 aliphatic heterocycles. The van der Waals surface area contributed by atoms with Gasteiger partial charge in [0.2, 0.25) is 11.8 Å². The number of nitrogens with zero attached hydrogens (tertiary/aromatic N) is 3. The molecule has 2 saturated heterocycles. The maximum atomic E-state index is 13.0. The van der Waals surface area contributed by atoms with E-state index in [1.165, 1.54) is 12.0 Å². The first-order valence-electron chi connectivity index (χ1n) is 12.6. The van der Waals surface area contributed by atoms with Gasteiger partial charge in [0.15, 0.2) is 0 Å². The number of benzene rings is 1. The molecule has 1 saturated carbocycles. The van der Waals surface area contributed by atoms with Gasteiger partial charge in [-0.3, -0.25) is 29.6 Å². The topological polar surface area (TPSA) is 91.8 Å². The Morgan fingerprint density at radius 1 is 1.03 bits per heavy atom. The molecule has 4 aliphatic rings. The van der Waals surface area contributed by atoms with Crippen molar-refractivity contribution in [2.24, 2.45) is 0 Å². The zero-order valence-electron chi connectivity index (χ0n) is 19.7. The van der Waals surface area contributed by atoms with Crippen LogP contribution in [-0.4, -0.2) is 63.8 Å². The molecule has 182 valence electrons. The number of rotatable bonds is 5. The summed E-state index contributed by atoms with van der Waals surface area (Å²) in [6.45, 7) is 2.44. The van der Waals surface area contributed by atoms with Gasteiger partial charge in [-0.05, 0) is 61.1 Å². The minimum absolute atomic E-state index is 0.125. The number of aromatic nitrogens is 1. The monoisotopic (exact) mass is 474 g/mol. The minimum Gasteiger partial charge on any atom is -0.489 e. The summed E-state index contributed by atoms with van der Waals surface area (Å²) in [5, 5.41) is 2.35. The number of carbonyl (C=O) groups is 3. The largest absolute Gasteiger partial charge is 0.489 e. The van der Waals surface area contributed by atoms with Gasteiger partial charge in [-0.15, -0.1) is 0 Å². The predicted octanol–water partition coefficient (Wildman–Crippen LogP) is 2.63. The van der Waals surface area contributed by atoms with Gasteiger partial charge in [0.25, 0.3) is 5.91 Å². The Hall–Kier alpha value is -3.26. The van der Waals surface area contributed by atoms with Crippen molar-refractivity contribution in [1.29, 1.82) is 0 Å². The Bertz CT molecular complexity index is 1150. The number of ether oxygens (including phenoxy) is 1. The van der Waals surface area contributed by atoms with Crippen LogP contribution >= 0.6 is 0 Å². The van der Waals surface area contributed by atoms with Crippen molar-refractivity contribution >= 4 is 17.7 Å². The zero-order chi connectivity index (χ0) is 23.9. The fourth-order valence-electron chi connectivity index (χ4n) is 6.04. The van der Waals surface area contributed by atoms with E-state index in [4.69, 9.17) is 4.74 Å². The van der Waals surface area contributed by atoms with Crippen LogP contribution in [0.4, 0.5) is 0 Å². The first-order chi connectivity index (χ1) is 17.1. The van der Waals surface area contributed by atoms with Crippen LogP contribution in [0.3, 0.4) is 0 Å². The summed E-state index contributed by atoms with van der Waals surface area (Å²) in [5.74, 6) is 0.502. The van der Waals surface area contributed by atoms with Crippen molar-refractivity contribution in [1.82, 2.24) is 20.1 Å². The van der Waals surface area contributed by atoms with Crippen molar-refractivity contribution in [3.63, 3.8) is 0 Å². The molecule has 0 radical (unpaired) electrons. The van der Waals surface area contributed by atoms with Crippen LogP contribution in [0.5, 0.6) is 5.75 Å². The summed E-state index contributed by atoms with van der Waals surface area (Å²) in [7, 11) is 0. The van der Waals surface area contributed by atoms with E-state index in [2.05, 4.69) is 21.3 Å². The Labute approximate surface area is 204 Å². The molecule has 2 aromatic rings. The highest BCUT2D eigenvalue weighted by molar-refractivity contribution is 6.05. The smallest absolute Gasteiger partial charge is 0.255 e. The average molecular weight is 475 g/mol. The second-order valence-electron chi connectivity index (χ2n) is 10.2. The van der Waals surface area contributed by atoms with Gasteiger partial charge >= 0.3 is 0 Å². The molecule has 35 heavy (non-hydrogen) atoms. The molecular weight excluding hydrogens is 444 g/mol. The summed E-state index contributed by atoms with van der Waals surface area (Å²) in [5.41, 5.74) is 2.80. The number of likely N-dealkylation sites (tertiary alicyclic amines) is 1. The average Bonchev–Trinajstić information content (AvgIpc) is 3.15. The Kier molecular flexibility index (Phi) is 5.76. The molecule has 1 aromatic heterocycles. The van der Waals surface area contributed by atoms with E-state index >= 15 is 0 Å². The Morgan fingerprint density at radius 3 is 2.69 bits per heavy atom. The number of pyridine rings is 1. The lowest BCUT2D eigenvalue weighted by Crippen LogP contribution is -2.57. The van der Waals surface area contributed by atoms with Crippen molar-refractivity contribution in [2.75, 3.05) is 13.1 Å². The molecule has 1 N–H and O–H groups in total. The third kappa shape index (κ3) is 4.20. The highest BCUT2D eigenvalue weighted by atomic mass is 16.5. The molecule has 4 heterocycles. The zero-order valence-corrected chi connectivity index (χ0v) is 19.7. The van der Waals surface area contributed by atoms with E-state index in [-0.39, 0.29) is 30.2 Å². The molecule has 6 rings (SSSR count). The van der Waals surface area contributed by atoms with Crippen LogP contribution < -0.4 is 10.1 Å².